The molecule has 1 aromatic heterocycles. The van der Waals surface area contributed by atoms with Gasteiger partial charge in [-0.3, -0.25) is 4.79 Å². The Balaban J connectivity index is 2.04. The monoisotopic (exact) mass is 278 g/mol. The first kappa shape index (κ1) is 14.9. The van der Waals surface area contributed by atoms with Crippen LogP contribution in [-0.4, -0.2) is 34.6 Å². The fourth-order valence-electron chi connectivity index (χ4n) is 2.00. The van der Waals surface area contributed by atoms with Gasteiger partial charge in [-0.2, -0.15) is 0 Å². The minimum Gasteiger partial charge on any atom is -0.381 e. The summed E-state index contributed by atoms with van der Waals surface area (Å²) in [7, 11) is 0. The Morgan fingerprint density at radius 2 is 1.85 bits per heavy atom. The summed E-state index contributed by atoms with van der Waals surface area (Å²) < 4.78 is 5.23. The number of amides is 1. The van der Waals surface area contributed by atoms with E-state index in [1.165, 1.54) is 0 Å². The van der Waals surface area contributed by atoms with E-state index in [0.717, 1.165) is 5.82 Å². The smallest absolute Gasteiger partial charge is 0.244 e. The van der Waals surface area contributed by atoms with Gasteiger partial charge in [-0.25, -0.2) is 9.97 Å². The summed E-state index contributed by atoms with van der Waals surface area (Å²) in [5, 5.41) is 2.79. The number of rotatable bonds is 2. The first-order valence-electron chi connectivity index (χ1n) is 6.82. The average Bonchev–Trinajstić information content (AvgIpc) is 2.39. The molecule has 1 aromatic rings. The number of nitrogens with two attached hydrogens (primary N) is 1. The highest BCUT2D eigenvalue weighted by Gasteiger charge is 2.36. The van der Waals surface area contributed by atoms with E-state index < -0.39 is 5.54 Å². The van der Waals surface area contributed by atoms with Gasteiger partial charge in [0.1, 0.15) is 11.4 Å². The molecule has 2 rings (SSSR count). The molecule has 20 heavy (non-hydrogen) atoms. The number of aromatic nitrogens is 2. The Bertz CT molecular complexity index is 473. The fourth-order valence-corrected chi connectivity index (χ4v) is 2.00. The van der Waals surface area contributed by atoms with Gasteiger partial charge in [-0.1, -0.05) is 20.8 Å². The number of anilines is 1. The zero-order chi connectivity index (χ0) is 14.8. The summed E-state index contributed by atoms with van der Waals surface area (Å²) in [6, 6.07) is 0. The molecule has 2 heterocycles. The Hall–Kier alpha value is -1.53. The number of carbonyl (C=O) groups is 1. The first-order chi connectivity index (χ1) is 9.31. The van der Waals surface area contributed by atoms with Crippen molar-refractivity contribution in [3.8, 4) is 0 Å². The molecule has 1 amide bonds. The second kappa shape index (κ2) is 5.46. The molecule has 6 heteroatoms. The number of ether oxygens (including phenoxy) is 1. The summed E-state index contributed by atoms with van der Waals surface area (Å²) in [6.07, 6.45) is 4.29. The molecule has 110 valence electrons. The molecule has 6 nitrogen and oxygen atoms in total. The zero-order valence-electron chi connectivity index (χ0n) is 12.3. The van der Waals surface area contributed by atoms with E-state index >= 15 is 0 Å². The van der Waals surface area contributed by atoms with Crippen molar-refractivity contribution in [2.75, 3.05) is 18.5 Å². The van der Waals surface area contributed by atoms with Crippen molar-refractivity contribution in [1.29, 1.82) is 0 Å². The van der Waals surface area contributed by atoms with Crippen LogP contribution in [0.4, 0.5) is 5.69 Å². The van der Waals surface area contributed by atoms with Gasteiger partial charge in [-0.15, -0.1) is 0 Å². The lowest BCUT2D eigenvalue weighted by atomic mass is 9.90. The second-order valence-electron chi connectivity index (χ2n) is 6.27. The van der Waals surface area contributed by atoms with Gasteiger partial charge in [0.15, 0.2) is 0 Å². The summed E-state index contributed by atoms with van der Waals surface area (Å²) in [6.45, 7) is 7.15. The molecule has 0 aliphatic carbocycles. The van der Waals surface area contributed by atoms with Crippen LogP contribution in [0, 0.1) is 0 Å². The second-order valence-corrected chi connectivity index (χ2v) is 6.27. The van der Waals surface area contributed by atoms with Crippen molar-refractivity contribution in [2.24, 2.45) is 5.73 Å². The Kier molecular flexibility index (Phi) is 4.06. The maximum atomic E-state index is 12.2. The number of carbonyl (C=O) groups excluding carboxylic acids is 1. The SMILES string of the molecule is CC(C)(C)c1ncc(NC(=O)C2(N)CCOCC2)cn1. The highest BCUT2D eigenvalue weighted by Crippen LogP contribution is 2.21. The lowest BCUT2D eigenvalue weighted by Gasteiger charge is -2.31. The van der Waals surface area contributed by atoms with E-state index in [-0.39, 0.29) is 11.3 Å². The maximum Gasteiger partial charge on any atom is 0.244 e. The first-order valence-corrected chi connectivity index (χ1v) is 6.82. The van der Waals surface area contributed by atoms with Gasteiger partial charge in [0.25, 0.3) is 0 Å². The van der Waals surface area contributed by atoms with Crippen molar-refractivity contribution < 1.29 is 9.53 Å². The summed E-state index contributed by atoms with van der Waals surface area (Å²) >= 11 is 0. The van der Waals surface area contributed by atoms with Crippen LogP contribution in [-0.2, 0) is 14.9 Å². The number of hydrogen-bond acceptors (Lipinski definition) is 5. The predicted octanol–water partition coefficient (Wildman–Crippen LogP) is 1.22. The van der Waals surface area contributed by atoms with Crippen LogP contribution in [0.3, 0.4) is 0 Å². The van der Waals surface area contributed by atoms with Crippen LogP contribution in [0.25, 0.3) is 0 Å². The van der Waals surface area contributed by atoms with E-state index in [9.17, 15) is 4.79 Å². The molecule has 0 bridgehead atoms. The zero-order valence-corrected chi connectivity index (χ0v) is 12.3. The van der Waals surface area contributed by atoms with Crippen molar-refractivity contribution >= 4 is 11.6 Å². The topological polar surface area (TPSA) is 90.1 Å². The normalized spacial score (nSPS) is 18.6. The van der Waals surface area contributed by atoms with Crippen LogP contribution >= 0.6 is 0 Å². The van der Waals surface area contributed by atoms with Crippen molar-refractivity contribution in [3.05, 3.63) is 18.2 Å². The molecule has 0 saturated carbocycles. The Morgan fingerprint density at radius 3 is 2.35 bits per heavy atom. The fraction of sp³-hybridized carbons (Fsp3) is 0.643. The van der Waals surface area contributed by atoms with Crippen molar-refractivity contribution in [2.45, 2.75) is 44.6 Å². The highest BCUT2D eigenvalue weighted by molar-refractivity contribution is 5.97. The summed E-state index contributed by atoms with van der Waals surface area (Å²) in [4.78, 5) is 20.8. The molecular weight excluding hydrogens is 256 g/mol. The van der Waals surface area contributed by atoms with E-state index in [1.54, 1.807) is 12.4 Å². The number of nitrogens with one attached hydrogen (secondary N) is 1. The van der Waals surface area contributed by atoms with Crippen molar-refractivity contribution in [1.82, 2.24) is 9.97 Å². The van der Waals surface area contributed by atoms with Crippen LogP contribution in [0.1, 0.15) is 39.4 Å². The molecule has 0 unspecified atom stereocenters. The van der Waals surface area contributed by atoms with E-state index in [4.69, 9.17) is 10.5 Å². The maximum absolute atomic E-state index is 12.2. The molecule has 1 fully saturated rings. The predicted molar refractivity (Wildman–Crippen MR) is 76.3 cm³/mol. The lowest BCUT2D eigenvalue weighted by Crippen LogP contribution is -2.54. The summed E-state index contributed by atoms with van der Waals surface area (Å²) in [5.41, 5.74) is 5.71. The third-order valence-corrected chi connectivity index (χ3v) is 3.42. The van der Waals surface area contributed by atoms with Crippen molar-refractivity contribution in [3.63, 3.8) is 0 Å². The van der Waals surface area contributed by atoms with Gasteiger partial charge in [-0.05, 0) is 12.8 Å². The third-order valence-electron chi connectivity index (χ3n) is 3.42. The molecule has 1 aliphatic heterocycles. The molecule has 0 radical (unpaired) electrons. The summed E-state index contributed by atoms with van der Waals surface area (Å²) in [5.74, 6) is 0.539. The minimum atomic E-state index is -0.860. The number of nitrogens with zero attached hydrogens (tertiary/aromatic N) is 2. The minimum absolute atomic E-state index is 0.113. The van der Waals surface area contributed by atoms with Crippen LogP contribution < -0.4 is 11.1 Å². The molecular formula is C14H22N4O2. The lowest BCUT2D eigenvalue weighted by molar-refractivity contribution is -0.124. The Labute approximate surface area is 119 Å². The van der Waals surface area contributed by atoms with Crippen LogP contribution in [0.15, 0.2) is 12.4 Å². The molecule has 0 spiro atoms. The quantitative estimate of drug-likeness (QED) is 0.849. The standard InChI is InChI=1S/C14H22N4O2/c1-13(2,3)11-16-8-10(9-17-11)18-12(19)14(15)4-6-20-7-5-14/h8-9H,4-7,15H2,1-3H3,(H,18,19). The number of hydrogen-bond donors (Lipinski definition) is 2. The molecule has 1 saturated heterocycles. The molecule has 0 aromatic carbocycles. The molecule has 0 atom stereocenters. The van der Waals surface area contributed by atoms with Gasteiger partial charge < -0.3 is 15.8 Å². The van der Waals surface area contributed by atoms with Gasteiger partial charge in [0.2, 0.25) is 5.91 Å². The molecule has 1 aliphatic rings. The highest BCUT2D eigenvalue weighted by atomic mass is 16.5. The van der Waals surface area contributed by atoms with Gasteiger partial charge in [0, 0.05) is 18.6 Å². The Morgan fingerprint density at radius 1 is 1.30 bits per heavy atom. The largest absolute Gasteiger partial charge is 0.381 e. The van der Waals surface area contributed by atoms with Gasteiger partial charge >= 0.3 is 0 Å². The van der Waals surface area contributed by atoms with E-state index in [2.05, 4.69) is 15.3 Å². The van der Waals surface area contributed by atoms with Crippen LogP contribution in [0.5, 0.6) is 0 Å². The van der Waals surface area contributed by atoms with E-state index in [0.29, 0.717) is 31.7 Å². The van der Waals surface area contributed by atoms with E-state index in [1.807, 2.05) is 20.8 Å². The van der Waals surface area contributed by atoms with Crippen LogP contribution in [0.2, 0.25) is 0 Å². The molecule has 3 N–H and O–H groups in total. The average molecular weight is 278 g/mol. The third kappa shape index (κ3) is 3.32. The van der Waals surface area contributed by atoms with Gasteiger partial charge in [0.05, 0.1) is 18.1 Å².